The molecule has 2 aromatic heterocycles. The fraction of sp³-hybridized carbons (Fsp3) is 0.0588. The summed E-state index contributed by atoms with van der Waals surface area (Å²) >= 11 is 0. The van der Waals surface area contributed by atoms with Gasteiger partial charge in [0.15, 0.2) is 5.82 Å². The van der Waals surface area contributed by atoms with E-state index < -0.39 is 0 Å². The van der Waals surface area contributed by atoms with Crippen molar-refractivity contribution in [1.29, 1.82) is 0 Å². The predicted molar refractivity (Wildman–Crippen MR) is 88.9 cm³/mol. The number of para-hydroxylation sites is 3. The number of hydrogen-bond acceptors (Lipinski definition) is 4. The van der Waals surface area contributed by atoms with Crippen molar-refractivity contribution in [2.45, 2.75) is 6.61 Å². The predicted octanol–water partition coefficient (Wildman–Crippen LogP) is 3.11. The highest BCUT2D eigenvalue weighted by Gasteiger charge is 2.17. The molecule has 0 amide bonds. The maximum Gasteiger partial charge on any atom is 0.156 e. The maximum absolute atomic E-state index is 6.01. The number of nitrogens with two attached hydrogens (primary N) is 1. The molecule has 0 aliphatic carbocycles. The second-order valence-electron chi connectivity index (χ2n) is 5.17. The Morgan fingerprint density at radius 1 is 1.00 bits per heavy atom. The highest BCUT2D eigenvalue weighted by atomic mass is 16.5. The first-order chi connectivity index (χ1) is 11.3. The Morgan fingerprint density at radius 3 is 2.61 bits per heavy atom. The van der Waals surface area contributed by atoms with Gasteiger partial charge in [-0.05, 0) is 24.3 Å². The van der Waals surface area contributed by atoms with Crippen molar-refractivity contribution in [3.63, 3.8) is 0 Å². The molecule has 0 saturated carbocycles. The number of nitrogens with zero attached hydrogens (tertiary/aromatic N) is 2. The number of fused-ring (bicyclic) bond motifs is 1. The van der Waals surface area contributed by atoms with Crippen molar-refractivity contribution >= 4 is 16.9 Å². The van der Waals surface area contributed by atoms with Crippen molar-refractivity contribution in [3.05, 3.63) is 60.3 Å². The summed E-state index contributed by atoms with van der Waals surface area (Å²) in [5, 5.41) is 7.02. The molecule has 0 radical (unpaired) electrons. The minimum absolute atomic E-state index is 0.334. The first-order valence-corrected chi connectivity index (χ1v) is 7.27. The molecule has 0 saturated heterocycles. The number of aromatic amines is 2. The third kappa shape index (κ3) is 2.50. The zero-order valence-electron chi connectivity index (χ0n) is 12.3. The molecule has 2 aromatic carbocycles. The Kier molecular flexibility index (Phi) is 3.20. The van der Waals surface area contributed by atoms with E-state index in [1.54, 1.807) is 0 Å². The van der Waals surface area contributed by atoms with Gasteiger partial charge < -0.3 is 15.5 Å². The Balaban J connectivity index is 1.67. The molecule has 0 spiro atoms. The number of nitrogens with one attached hydrogen (secondary N) is 2. The lowest BCUT2D eigenvalue weighted by atomic mass is 10.2. The van der Waals surface area contributed by atoms with Gasteiger partial charge in [0.25, 0.3) is 0 Å². The smallest absolute Gasteiger partial charge is 0.156 e. The van der Waals surface area contributed by atoms with E-state index in [0.717, 1.165) is 28.0 Å². The third-order valence-electron chi connectivity index (χ3n) is 3.62. The number of anilines is 1. The minimum atomic E-state index is 0.334. The van der Waals surface area contributed by atoms with E-state index in [4.69, 9.17) is 10.5 Å². The summed E-state index contributed by atoms with van der Waals surface area (Å²) in [6.45, 7) is 0.334. The molecule has 4 rings (SSSR count). The topological polar surface area (TPSA) is 92.6 Å². The average molecular weight is 305 g/mol. The number of aromatic nitrogens is 4. The van der Waals surface area contributed by atoms with Gasteiger partial charge in [-0.15, -0.1) is 0 Å². The second-order valence-corrected chi connectivity index (χ2v) is 5.17. The summed E-state index contributed by atoms with van der Waals surface area (Å²) in [5.74, 6) is 1.87. The number of nitrogen functional groups attached to an aromatic ring is 1. The number of hydrogen-bond donors (Lipinski definition) is 3. The fourth-order valence-corrected chi connectivity index (χ4v) is 2.51. The van der Waals surface area contributed by atoms with Gasteiger partial charge in [-0.3, -0.25) is 5.10 Å². The number of imidazole rings is 1. The van der Waals surface area contributed by atoms with Crippen LogP contribution in [0.5, 0.6) is 5.75 Å². The lowest BCUT2D eigenvalue weighted by molar-refractivity contribution is 0.301. The molecule has 0 bridgehead atoms. The van der Waals surface area contributed by atoms with E-state index >= 15 is 0 Å². The third-order valence-corrected chi connectivity index (χ3v) is 3.62. The highest BCUT2D eigenvalue weighted by molar-refractivity contribution is 5.82. The zero-order valence-corrected chi connectivity index (χ0v) is 12.3. The number of ether oxygens (including phenoxy) is 1. The van der Waals surface area contributed by atoms with E-state index in [1.165, 1.54) is 0 Å². The van der Waals surface area contributed by atoms with Crippen molar-refractivity contribution in [2.75, 3.05) is 5.73 Å². The van der Waals surface area contributed by atoms with Gasteiger partial charge in [-0.1, -0.05) is 30.3 Å². The van der Waals surface area contributed by atoms with Crippen LogP contribution in [0, 0.1) is 0 Å². The molecule has 114 valence electrons. The Bertz CT molecular complexity index is 909. The summed E-state index contributed by atoms with van der Waals surface area (Å²) < 4.78 is 5.77. The Labute approximate surface area is 132 Å². The monoisotopic (exact) mass is 305 g/mol. The standard InChI is InChI=1S/C17H15N5O/c18-16-15(17-19-12-8-4-5-9-13(12)20-17)14(21-22-16)10-23-11-6-2-1-3-7-11/h1-9H,10H2,(H,19,20)(H3,18,21,22). The van der Waals surface area contributed by atoms with E-state index in [9.17, 15) is 0 Å². The SMILES string of the molecule is Nc1n[nH]c(COc2ccccc2)c1-c1nc2ccccc2[nH]1. The largest absolute Gasteiger partial charge is 0.487 e. The van der Waals surface area contributed by atoms with E-state index in [-0.39, 0.29) is 0 Å². The summed E-state index contributed by atoms with van der Waals surface area (Å²) in [6.07, 6.45) is 0. The molecule has 23 heavy (non-hydrogen) atoms. The normalized spacial score (nSPS) is 11.0. The quantitative estimate of drug-likeness (QED) is 0.540. The van der Waals surface area contributed by atoms with Crippen LogP contribution in [0.15, 0.2) is 54.6 Å². The van der Waals surface area contributed by atoms with Gasteiger partial charge in [0.2, 0.25) is 0 Å². The van der Waals surface area contributed by atoms with Crippen molar-refractivity contribution in [2.24, 2.45) is 0 Å². The van der Waals surface area contributed by atoms with Crippen molar-refractivity contribution < 1.29 is 4.74 Å². The van der Waals surface area contributed by atoms with Crippen LogP contribution >= 0.6 is 0 Å². The van der Waals surface area contributed by atoms with Crippen LogP contribution in [-0.2, 0) is 6.61 Å². The fourth-order valence-electron chi connectivity index (χ4n) is 2.51. The molecule has 4 N–H and O–H groups in total. The van der Waals surface area contributed by atoms with Crippen LogP contribution in [0.2, 0.25) is 0 Å². The van der Waals surface area contributed by atoms with Gasteiger partial charge in [0, 0.05) is 0 Å². The van der Waals surface area contributed by atoms with Crippen molar-refractivity contribution in [1.82, 2.24) is 20.2 Å². The number of H-pyrrole nitrogens is 2. The van der Waals surface area contributed by atoms with Gasteiger partial charge in [0.05, 0.1) is 22.3 Å². The number of rotatable bonds is 4. The van der Waals surface area contributed by atoms with E-state index in [2.05, 4.69) is 20.2 Å². The molecular formula is C17H15N5O. The van der Waals surface area contributed by atoms with Gasteiger partial charge in [-0.2, -0.15) is 5.10 Å². The van der Waals surface area contributed by atoms with Crippen LogP contribution in [-0.4, -0.2) is 20.2 Å². The van der Waals surface area contributed by atoms with Crippen LogP contribution in [0.3, 0.4) is 0 Å². The highest BCUT2D eigenvalue weighted by Crippen LogP contribution is 2.28. The lowest BCUT2D eigenvalue weighted by Crippen LogP contribution is -1.99. The molecule has 4 aromatic rings. The summed E-state index contributed by atoms with van der Waals surface area (Å²) in [6, 6.07) is 17.4. The molecule has 0 atom stereocenters. The van der Waals surface area contributed by atoms with E-state index in [0.29, 0.717) is 18.2 Å². The summed E-state index contributed by atoms with van der Waals surface area (Å²) in [7, 11) is 0. The lowest BCUT2D eigenvalue weighted by Gasteiger charge is -2.05. The van der Waals surface area contributed by atoms with Crippen LogP contribution in [0.1, 0.15) is 5.69 Å². The molecular weight excluding hydrogens is 290 g/mol. The molecule has 0 fully saturated rings. The van der Waals surface area contributed by atoms with E-state index in [1.807, 2.05) is 54.6 Å². The zero-order chi connectivity index (χ0) is 15.6. The van der Waals surface area contributed by atoms with Gasteiger partial charge >= 0.3 is 0 Å². The molecule has 0 aliphatic heterocycles. The molecule has 0 unspecified atom stereocenters. The number of benzene rings is 2. The first-order valence-electron chi connectivity index (χ1n) is 7.27. The van der Waals surface area contributed by atoms with Crippen LogP contribution in [0.4, 0.5) is 5.82 Å². The minimum Gasteiger partial charge on any atom is -0.487 e. The summed E-state index contributed by atoms with van der Waals surface area (Å²) in [5.41, 5.74) is 9.38. The Morgan fingerprint density at radius 2 is 1.78 bits per heavy atom. The first kappa shape index (κ1) is 13.4. The molecule has 6 nitrogen and oxygen atoms in total. The molecule has 6 heteroatoms. The van der Waals surface area contributed by atoms with Crippen LogP contribution in [0.25, 0.3) is 22.4 Å². The van der Waals surface area contributed by atoms with Gasteiger partial charge in [0.1, 0.15) is 18.2 Å². The average Bonchev–Trinajstić information content (AvgIpc) is 3.16. The maximum atomic E-state index is 6.01. The Hall–Kier alpha value is -3.28. The van der Waals surface area contributed by atoms with Crippen LogP contribution < -0.4 is 10.5 Å². The second kappa shape index (κ2) is 5.49. The summed E-state index contributed by atoms with van der Waals surface area (Å²) in [4.78, 5) is 7.85. The molecule has 2 heterocycles. The van der Waals surface area contributed by atoms with Crippen molar-refractivity contribution in [3.8, 4) is 17.1 Å². The molecule has 0 aliphatic rings. The van der Waals surface area contributed by atoms with Gasteiger partial charge in [-0.25, -0.2) is 4.98 Å².